The first-order valence-electron chi connectivity index (χ1n) is 8.97. The number of alkyl halides is 3. The van der Waals surface area contributed by atoms with E-state index in [1.165, 1.54) is 13.2 Å². The minimum atomic E-state index is -4.92. The molecule has 0 aliphatic rings. The molecule has 2 aromatic rings. The molecular formula is C21H23F4NO3. The van der Waals surface area contributed by atoms with Crippen LogP contribution in [0.4, 0.5) is 17.6 Å². The number of hydrogen-bond donors (Lipinski definition) is 1. The molecule has 0 heterocycles. The van der Waals surface area contributed by atoms with E-state index in [1.54, 1.807) is 32.9 Å². The summed E-state index contributed by atoms with van der Waals surface area (Å²) < 4.78 is 65.1. The van der Waals surface area contributed by atoms with Crippen LogP contribution in [0.2, 0.25) is 0 Å². The van der Waals surface area contributed by atoms with Gasteiger partial charge in [-0.2, -0.15) is 13.2 Å². The molecule has 0 unspecified atom stereocenters. The number of ether oxygens (including phenoxy) is 2. The quantitative estimate of drug-likeness (QED) is 0.529. The normalized spacial score (nSPS) is 12.6. The minimum absolute atomic E-state index is 0.0894. The summed E-state index contributed by atoms with van der Waals surface area (Å²) in [6.45, 7) is 5.12. The van der Waals surface area contributed by atoms with Gasteiger partial charge in [0.1, 0.15) is 11.6 Å². The van der Waals surface area contributed by atoms with E-state index in [0.717, 1.165) is 6.07 Å². The van der Waals surface area contributed by atoms with Crippen LogP contribution >= 0.6 is 0 Å². The third kappa shape index (κ3) is 5.06. The fourth-order valence-electron chi connectivity index (χ4n) is 3.27. The molecule has 0 saturated heterocycles. The zero-order chi connectivity index (χ0) is 21.9. The largest absolute Gasteiger partial charge is 0.497 e. The van der Waals surface area contributed by atoms with Gasteiger partial charge in [0.05, 0.1) is 25.7 Å². The second-order valence-corrected chi connectivity index (χ2v) is 6.68. The van der Waals surface area contributed by atoms with E-state index in [-0.39, 0.29) is 12.2 Å². The predicted octanol–water partition coefficient (Wildman–Crippen LogP) is 5.09. The Morgan fingerprint density at radius 2 is 1.72 bits per heavy atom. The minimum Gasteiger partial charge on any atom is -0.497 e. The van der Waals surface area contributed by atoms with Gasteiger partial charge in [-0.05, 0) is 67.3 Å². The van der Waals surface area contributed by atoms with Gasteiger partial charge in [0.15, 0.2) is 0 Å². The molecule has 8 heteroatoms. The zero-order valence-corrected chi connectivity index (χ0v) is 16.6. The third-order valence-electron chi connectivity index (χ3n) is 4.53. The van der Waals surface area contributed by atoms with Crippen LogP contribution in [0, 0.1) is 19.7 Å². The molecule has 0 radical (unpaired) electrons. The first-order chi connectivity index (χ1) is 13.5. The van der Waals surface area contributed by atoms with Crippen molar-refractivity contribution in [3.63, 3.8) is 0 Å². The zero-order valence-electron chi connectivity index (χ0n) is 16.6. The lowest BCUT2D eigenvalue weighted by Crippen LogP contribution is -2.20. The van der Waals surface area contributed by atoms with Gasteiger partial charge in [-0.25, -0.2) is 4.39 Å². The first-order valence-corrected chi connectivity index (χ1v) is 8.97. The van der Waals surface area contributed by atoms with Crippen LogP contribution in [0.15, 0.2) is 24.3 Å². The molecule has 0 aliphatic carbocycles. The molecule has 158 valence electrons. The van der Waals surface area contributed by atoms with E-state index in [1.807, 2.05) is 0 Å². The number of methoxy groups -OCH3 is 1. The van der Waals surface area contributed by atoms with Crippen LogP contribution in [0.3, 0.4) is 0 Å². The molecule has 0 aromatic heterocycles. The summed E-state index contributed by atoms with van der Waals surface area (Å²) >= 11 is 0. The molecule has 29 heavy (non-hydrogen) atoms. The van der Waals surface area contributed by atoms with Gasteiger partial charge in [-0.3, -0.25) is 4.79 Å². The van der Waals surface area contributed by atoms with Gasteiger partial charge in [0.2, 0.25) is 0 Å². The SMILES string of the molecule is CCOC(=O)C[C@H](N)c1cc(-c2c(C)cc(OC)cc2C)cc(C(F)(F)F)c1F. The number of nitrogens with two attached hydrogens (primary N) is 1. The van der Waals surface area contributed by atoms with Crippen molar-refractivity contribution >= 4 is 5.97 Å². The van der Waals surface area contributed by atoms with Crippen LogP contribution in [0.1, 0.15) is 41.6 Å². The van der Waals surface area contributed by atoms with Gasteiger partial charge < -0.3 is 15.2 Å². The predicted molar refractivity (Wildman–Crippen MR) is 101 cm³/mol. The molecule has 2 N–H and O–H groups in total. The van der Waals surface area contributed by atoms with Crippen molar-refractivity contribution in [1.82, 2.24) is 0 Å². The maximum absolute atomic E-state index is 14.7. The van der Waals surface area contributed by atoms with Crippen LogP contribution < -0.4 is 10.5 Å². The number of carbonyl (C=O) groups excluding carboxylic acids is 1. The van der Waals surface area contributed by atoms with Crippen LogP contribution in [-0.4, -0.2) is 19.7 Å². The summed E-state index contributed by atoms with van der Waals surface area (Å²) in [4.78, 5) is 11.7. The van der Waals surface area contributed by atoms with Crippen molar-refractivity contribution in [3.8, 4) is 16.9 Å². The van der Waals surface area contributed by atoms with Gasteiger partial charge in [0, 0.05) is 11.6 Å². The van der Waals surface area contributed by atoms with Crippen LogP contribution in [-0.2, 0) is 15.7 Å². The highest BCUT2D eigenvalue weighted by Crippen LogP contribution is 2.40. The van der Waals surface area contributed by atoms with Gasteiger partial charge in [-0.15, -0.1) is 0 Å². The molecule has 0 saturated carbocycles. The number of carbonyl (C=O) groups is 1. The Balaban J connectivity index is 2.67. The van der Waals surface area contributed by atoms with E-state index in [9.17, 15) is 22.4 Å². The van der Waals surface area contributed by atoms with Crippen LogP contribution in [0.5, 0.6) is 5.75 Å². The Morgan fingerprint density at radius 1 is 1.14 bits per heavy atom. The molecule has 0 spiro atoms. The van der Waals surface area contributed by atoms with Crippen molar-refractivity contribution in [2.24, 2.45) is 5.73 Å². The third-order valence-corrected chi connectivity index (χ3v) is 4.53. The molecule has 0 amide bonds. The molecule has 1 atom stereocenters. The van der Waals surface area contributed by atoms with Crippen molar-refractivity contribution in [2.75, 3.05) is 13.7 Å². The maximum Gasteiger partial charge on any atom is 0.419 e. The average molecular weight is 413 g/mol. The Morgan fingerprint density at radius 3 is 2.21 bits per heavy atom. The highest BCUT2D eigenvalue weighted by atomic mass is 19.4. The van der Waals surface area contributed by atoms with Gasteiger partial charge >= 0.3 is 12.1 Å². The molecule has 2 rings (SSSR count). The lowest BCUT2D eigenvalue weighted by Gasteiger charge is -2.20. The van der Waals surface area contributed by atoms with Crippen molar-refractivity contribution < 1.29 is 31.8 Å². The number of hydrogen-bond acceptors (Lipinski definition) is 4. The molecule has 2 aromatic carbocycles. The summed E-state index contributed by atoms with van der Waals surface area (Å²) in [5.41, 5.74) is 6.05. The average Bonchev–Trinajstić information content (AvgIpc) is 2.61. The smallest absolute Gasteiger partial charge is 0.419 e. The summed E-state index contributed by atoms with van der Waals surface area (Å²) in [6.07, 6.45) is -5.36. The fraction of sp³-hybridized carbons (Fsp3) is 0.381. The highest BCUT2D eigenvalue weighted by molar-refractivity contribution is 5.74. The Bertz CT molecular complexity index is 887. The summed E-state index contributed by atoms with van der Waals surface area (Å²) in [5.74, 6) is -1.64. The first kappa shape index (κ1) is 22.7. The standard InChI is InChI=1S/C21H23F4NO3/c1-5-29-18(27)10-17(26)15-8-13(9-16(20(15)22)21(23,24)25)19-11(2)6-14(28-4)7-12(19)3/h6-9,17H,5,10,26H2,1-4H3/t17-/m0/s1. The highest BCUT2D eigenvalue weighted by Gasteiger charge is 2.37. The van der Waals surface area contributed by atoms with Crippen molar-refractivity contribution in [1.29, 1.82) is 0 Å². The maximum atomic E-state index is 14.7. The molecular weight excluding hydrogens is 390 g/mol. The lowest BCUT2D eigenvalue weighted by molar-refractivity contribution is -0.143. The second-order valence-electron chi connectivity index (χ2n) is 6.68. The number of aryl methyl sites for hydroxylation is 2. The Hall–Kier alpha value is -2.61. The molecule has 0 aliphatic heterocycles. The van der Waals surface area contributed by atoms with E-state index < -0.39 is 41.6 Å². The summed E-state index contributed by atoms with van der Waals surface area (Å²) in [6, 6.07) is 4.09. The van der Waals surface area contributed by atoms with Crippen molar-refractivity contribution in [3.05, 3.63) is 52.3 Å². The number of halogens is 4. The fourth-order valence-corrected chi connectivity index (χ4v) is 3.27. The Kier molecular flexibility index (Phi) is 6.89. The lowest BCUT2D eigenvalue weighted by atomic mass is 9.90. The van der Waals surface area contributed by atoms with E-state index >= 15 is 0 Å². The van der Waals surface area contributed by atoms with Crippen molar-refractivity contribution in [2.45, 2.75) is 39.4 Å². The topological polar surface area (TPSA) is 61.5 Å². The summed E-state index contributed by atoms with van der Waals surface area (Å²) in [7, 11) is 1.49. The van der Waals surface area contributed by atoms with E-state index in [4.69, 9.17) is 15.2 Å². The van der Waals surface area contributed by atoms with E-state index in [0.29, 0.717) is 22.4 Å². The van der Waals surface area contributed by atoms with Gasteiger partial charge in [0.25, 0.3) is 0 Å². The van der Waals surface area contributed by atoms with E-state index in [2.05, 4.69) is 0 Å². The Labute approximate surface area is 166 Å². The number of benzene rings is 2. The molecule has 4 nitrogen and oxygen atoms in total. The van der Waals surface area contributed by atoms with Gasteiger partial charge in [-0.1, -0.05) is 0 Å². The monoisotopic (exact) mass is 413 g/mol. The molecule has 0 bridgehead atoms. The molecule has 0 fully saturated rings. The summed E-state index contributed by atoms with van der Waals surface area (Å²) in [5, 5.41) is 0. The second kappa shape index (κ2) is 8.82. The van der Waals surface area contributed by atoms with Crippen LogP contribution in [0.25, 0.3) is 11.1 Å². The number of esters is 1. The number of rotatable bonds is 6.